The predicted octanol–water partition coefficient (Wildman–Crippen LogP) is 2.58. The Morgan fingerprint density at radius 3 is 2.72 bits per heavy atom. The quantitative estimate of drug-likeness (QED) is 0.441. The second kappa shape index (κ2) is 6.30. The van der Waals surface area contributed by atoms with Crippen molar-refractivity contribution in [2.45, 2.75) is 13.5 Å². The average molecular weight is 388 g/mol. The van der Waals surface area contributed by atoms with Gasteiger partial charge in [-0.25, -0.2) is 4.79 Å². The van der Waals surface area contributed by atoms with Crippen molar-refractivity contribution < 1.29 is 9.15 Å². The fourth-order valence-electron chi connectivity index (χ4n) is 3.53. The van der Waals surface area contributed by atoms with Crippen molar-refractivity contribution in [3.8, 4) is 5.75 Å². The van der Waals surface area contributed by atoms with Gasteiger partial charge in [-0.15, -0.1) is 10.2 Å². The number of nitrogens with zero attached hydrogens (tertiary/aromatic N) is 4. The lowest BCUT2D eigenvalue weighted by atomic mass is 10.1. The van der Waals surface area contributed by atoms with E-state index >= 15 is 0 Å². The van der Waals surface area contributed by atoms with Gasteiger partial charge in [0.05, 0.1) is 10.9 Å². The predicted molar refractivity (Wildman–Crippen MR) is 107 cm³/mol. The summed E-state index contributed by atoms with van der Waals surface area (Å²) >= 11 is 0. The van der Waals surface area contributed by atoms with Crippen LogP contribution in [0.2, 0.25) is 0 Å². The lowest BCUT2D eigenvalue weighted by Gasteiger charge is -2.09. The molecule has 3 heterocycles. The second-order valence-electron chi connectivity index (χ2n) is 6.83. The van der Waals surface area contributed by atoms with Gasteiger partial charge in [0.2, 0.25) is 5.78 Å². The molecule has 5 aromatic rings. The van der Waals surface area contributed by atoms with Crippen LogP contribution in [0.1, 0.15) is 11.4 Å². The van der Waals surface area contributed by atoms with E-state index in [1.165, 1.54) is 10.6 Å². The van der Waals surface area contributed by atoms with Crippen LogP contribution in [0.3, 0.4) is 0 Å². The van der Waals surface area contributed by atoms with Crippen molar-refractivity contribution in [2.75, 3.05) is 0 Å². The Bertz CT molecular complexity index is 1530. The van der Waals surface area contributed by atoms with Gasteiger partial charge in [0.25, 0.3) is 5.56 Å². The van der Waals surface area contributed by atoms with Crippen molar-refractivity contribution in [1.29, 1.82) is 0 Å². The first-order valence-corrected chi connectivity index (χ1v) is 9.02. The van der Waals surface area contributed by atoms with E-state index in [4.69, 9.17) is 9.15 Å². The van der Waals surface area contributed by atoms with Gasteiger partial charge in [0, 0.05) is 24.6 Å². The van der Waals surface area contributed by atoms with Crippen LogP contribution in [0.25, 0.3) is 27.6 Å². The molecule has 0 unspecified atom stereocenters. The van der Waals surface area contributed by atoms with E-state index in [0.29, 0.717) is 33.8 Å². The molecule has 0 bridgehead atoms. The van der Waals surface area contributed by atoms with Crippen LogP contribution in [-0.2, 0) is 13.7 Å². The number of hydrogen-bond acceptors (Lipinski definition) is 6. The van der Waals surface area contributed by atoms with E-state index in [9.17, 15) is 9.59 Å². The number of aryl methyl sites for hydroxylation is 2. The number of para-hydroxylation sites is 1. The van der Waals surface area contributed by atoms with Gasteiger partial charge < -0.3 is 9.15 Å². The number of ether oxygens (including phenoxy) is 1. The average Bonchev–Trinajstić information content (AvgIpc) is 3.14. The summed E-state index contributed by atoms with van der Waals surface area (Å²) in [6.07, 6.45) is 0. The van der Waals surface area contributed by atoms with Gasteiger partial charge in [-0.05, 0) is 36.8 Å². The zero-order valence-electron chi connectivity index (χ0n) is 15.7. The molecular formula is C21H16N4O4. The van der Waals surface area contributed by atoms with Crippen LogP contribution in [-0.4, -0.2) is 19.2 Å². The summed E-state index contributed by atoms with van der Waals surface area (Å²) in [5, 5.41) is 9.79. The molecule has 8 heteroatoms. The molecule has 8 nitrogen and oxygen atoms in total. The zero-order chi connectivity index (χ0) is 20.1. The van der Waals surface area contributed by atoms with E-state index in [1.54, 1.807) is 19.2 Å². The molecule has 0 aliphatic carbocycles. The normalized spacial score (nSPS) is 11.5. The molecule has 0 fully saturated rings. The molecule has 3 aromatic heterocycles. The molecule has 0 aliphatic rings. The largest absolute Gasteiger partial charge is 0.485 e. The van der Waals surface area contributed by atoms with Gasteiger partial charge in [-0.3, -0.25) is 13.8 Å². The maximum atomic E-state index is 12.5. The third kappa shape index (κ3) is 2.68. The molecule has 0 radical (unpaired) electrons. The van der Waals surface area contributed by atoms with Crippen molar-refractivity contribution in [3.05, 3.63) is 80.7 Å². The fraction of sp³-hybridized carbons (Fsp3) is 0.143. The van der Waals surface area contributed by atoms with Crippen molar-refractivity contribution in [1.82, 2.24) is 19.2 Å². The zero-order valence-corrected chi connectivity index (χ0v) is 15.7. The van der Waals surface area contributed by atoms with Crippen molar-refractivity contribution >= 4 is 27.6 Å². The van der Waals surface area contributed by atoms with Gasteiger partial charge in [0.15, 0.2) is 5.82 Å². The summed E-state index contributed by atoms with van der Waals surface area (Å²) in [4.78, 5) is 24.2. The second-order valence-corrected chi connectivity index (χ2v) is 6.83. The lowest BCUT2D eigenvalue weighted by Crippen LogP contribution is -2.20. The lowest BCUT2D eigenvalue weighted by molar-refractivity contribution is 0.295. The molecule has 144 valence electrons. The first-order chi connectivity index (χ1) is 14.0. The first-order valence-electron chi connectivity index (χ1n) is 9.02. The highest BCUT2D eigenvalue weighted by atomic mass is 16.5. The minimum atomic E-state index is -0.400. The minimum Gasteiger partial charge on any atom is -0.485 e. The van der Waals surface area contributed by atoms with Crippen LogP contribution in [0, 0.1) is 6.92 Å². The summed E-state index contributed by atoms with van der Waals surface area (Å²) < 4.78 is 14.4. The monoisotopic (exact) mass is 388 g/mol. The number of hydrogen-bond donors (Lipinski definition) is 0. The standard InChI is InChI=1S/C21H16N4O4/c1-12-9-19(26)29-17-10-13(7-8-14(12)17)28-11-18-22-23-21-24(2)20(27)15-5-3-4-6-16(15)25(18)21/h3-10H,11H2,1-2H3. The van der Waals surface area contributed by atoms with E-state index in [2.05, 4.69) is 10.2 Å². The molecule has 0 saturated heterocycles. The summed E-state index contributed by atoms with van der Waals surface area (Å²) in [5.41, 5.74) is 1.50. The Labute approximate surface area is 163 Å². The van der Waals surface area contributed by atoms with Gasteiger partial charge >= 0.3 is 5.63 Å². The van der Waals surface area contributed by atoms with Crippen LogP contribution in [0.15, 0.2) is 62.5 Å². The minimum absolute atomic E-state index is 0.130. The van der Waals surface area contributed by atoms with Crippen LogP contribution in [0.5, 0.6) is 5.75 Å². The fourth-order valence-corrected chi connectivity index (χ4v) is 3.53. The van der Waals surface area contributed by atoms with E-state index < -0.39 is 5.63 Å². The van der Waals surface area contributed by atoms with Crippen LogP contribution >= 0.6 is 0 Å². The molecule has 0 amide bonds. The highest BCUT2D eigenvalue weighted by Gasteiger charge is 2.15. The maximum absolute atomic E-state index is 12.5. The number of rotatable bonds is 3. The first kappa shape index (κ1) is 17.2. The highest BCUT2D eigenvalue weighted by Crippen LogP contribution is 2.23. The Morgan fingerprint density at radius 1 is 1.03 bits per heavy atom. The van der Waals surface area contributed by atoms with Gasteiger partial charge in [-0.2, -0.15) is 0 Å². The third-order valence-corrected chi connectivity index (χ3v) is 4.98. The highest BCUT2D eigenvalue weighted by molar-refractivity contribution is 5.81. The maximum Gasteiger partial charge on any atom is 0.336 e. The topological polar surface area (TPSA) is 91.6 Å². The van der Waals surface area contributed by atoms with E-state index in [1.807, 2.05) is 41.7 Å². The SMILES string of the molecule is Cc1cc(=O)oc2cc(OCc3nnc4n(C)c(=O)c5ccccc5n34)ccc12. The third-order valence-electron chi connectivity index (χ3n) is 4.98. The Morgan fingerprint density at radius 2 is 1.86 bits per heavy atom. The Kier molecular flexibility index (Phi) is 3.73. The van der Waals surface area contributed by atoms with Crippen LogP contribution in [0.4, 0.5) is 0 Å². The van der Waals surface area contributed by atoms with Crippen molar-refractivity contribution in [3.63, 3.8) is 0 Å². The summed E-state index contributed by atoms with van der Waals surface area (Å²) in [6, 6.07) is 14.1. The smallest absolute Gasteiger partial charge is 0.336 e. The Hall–Kier alpha value is -3.94. The molecule has 0 atom stereocenters. The molecule has 0 N–H and O–H groups in total. The molecule has 0 spiro atoms. The summed E-state index contributed by atoms with van der Waals surface area (Å²) in [7, 11) is 1.66. The number of fused-ring (bicyclic) bond motifs is 4. The van der Waals surface area contributed by atoms with Gasteiger partial charge in [-0.1, -0.05) is 12.1 Å². The summed E-state index contributed by atoms with van der Waals surface area (Å²) in [5.74, 6) is 1.53. The molecule has 5 rings (SSSR count). The summed E-state index contributed by atoms with van der Waals surface area (Å²) in [6.45, 7) is 1.99. The number of benzene rings is 2. The van der Waals surface area contributed by atoms with Gasteiger partial charge in [0.1, 0.15) is 17.9 Å². The molecular weight excluding hydrogens is 372 g/mol. The Balaban J connectivity index is 1.57. The molecule has 29 heavy (non-hydrogen) atoms. The van der Waals surface area contributed by atoms with E-state index in [-0.39, 0.29) is 12.2 Å². The molecule has 0 saturated carbocycles. The molecule has 0 aliphatic heterocycles. The molecule has 2 aromatic carbocycles. The van der Waals surface area contributed by atoms with E-state index in [0.717, 1.165) is 10.9 Å². The number of aromatic nitrogens is 4. The van der Waals surface area contributed by atoms with Crippen molar-refractivity contribution in [2.24, 2.45) is 7.05 Å². The van der Waals surface area contributed by atoms with Crippen LogP contribution < -0.4 is 15.9 Å².